The average molecular weight is 167 g/mol. The SMILES string of the molecule is N.N#CC#N.O=P(O)(O)O. The van der Waals surface area contributed by atoms with Crippen LogP contribution in [0.3, 0.4) is 0 Å². The van der Waals surface area contributed by atoms with Gasteiger partial charge < -0.3 is 20.8 Å². The third kappa shape index (κ3) is 103000. The fourth-order valence-corrected chi connectivity index (χ4v) is 0. The molecule has 0 aromatic rings. The van der Waals surface area contributed by atoms with E-state index >= 15 is 0 Å². The van der Waals surface area contributed by atoms with E-state index in [9.17, 15) is 0 Å². The van der Waals surface area contributed by atoms with Crippen LogP contribution in [0, 0.1) is 22.7 Å². The normalized spacial score (nSPS) is 6.90. The van der Waals surface area contributed by atoms with Crippen molar-refractivity contribution in [2.45, 2.75) is 0 Å². The van der Waals surface area contributed by atoms with Gasteiger partial charge in [-0.15, -0.1) is 0 Å². The Kier molecular flexibility index (Phi) is 12.9. The van der Waals surface area contributed by atoms with Gasteiger partial charge in [0.2, 0.25) is 0 Å². The Morgan fingerprint density at radius 2 is 1.20 bits per heavy atom. The third-order valence-corrected chi connectivity index (χ3v) is 0.0500. The van der Waals surface area contributed by atoms with Crippen molar-refractivity contribution in [2.24, 2.45) is 0 Å². The molecule has 0 aliphatic carbocycles. The van der Waals surface area contributed by atoms with E-state index in [0.717, 1.165) is 0 Å². The Morgan fingerprint density at radius 1 is 1.10 bits per heavy atom. The van der Waals surface area contributed by atoms with Crippen LogP contribution in [-0.4, -0.2) is 14.7 Å². The molecule has 58 valence electrons. The molecule has 0 fully saturated rings. The molecule has 0 heterocycles. The van der Waals surface area contributed by atoms with Crippen LogP contribution in [0.4, 0.5) is 0 Å². The van der Waals surface area contributed by atoms with E-state index < -0.39 is 7.82 Å². The molecule has 0 aromatic heterocycles. The lowest BCUT2D eigenvalue weighted by atomic mass is 10.9. The summed E-state index contributed by atoms with van der Waals surface area (Å²) >= 11 is 0. The maximum Gasteiger partial charge on any atom is 0.466 e. The summed E-state index contributed by atoms with van der Waals surface area (Å²) < 4.78 is 8.88. The van der Waals surface area contributed by atoms with Gasteiger partial charge in [-0.3, -0.25) is 0 Å². The van der Waals surface area contributed by atoms with Gasteiger partial charge in [-0.2, -0.15) is 10.5 Å². The van der Waals surface area contributed by atoms with Gasteiger partial charge in [0.25, 0.3) is 0 Å². The maximum absolute atomic E-state index is 8.88. The van der Waals surface area contributed by atoms with Crippen LogP contribution in [0.5, 0.6) is 0 Å². The fraction of sp³-hybridized carbons (Fsp3) is 0. The number of hydrogen-bond acceptors (Lipinski definition) is 4. The topological polar surface area (TPSA) is 160 Å². The Balaban J connectivity index is -0.0000000910. The van der Waals surface area contributed by atoms with Crippen molar-refractivity contribution in [1.29, 1.82) is 10.5 Å². The van der Waals surface area contributed by atoms with Gasteiger partial charge in [0.15, 0.2) is 12.1 Å². The first-order chi connectivity index (χ1) is 3.91. The van der Waals surface area contributed by atoms with E-state index in [-0.39, 0.29) is 6.15 Å². The maximum atomic E-state index is 8.88. The molecule has 8 heteroatoms. The first-order valence-corrected chi connectivity index (χ1v) is 3.04. The minimum absolute atomic E-state index is 0. The molecule has 0 rings (SSSR count). The molecule has 10 heavy (non-hydrogen) atoms. The van der Waals surface area contributed by atoms with Crippen molar-refractivity contribution in [3.63, 3.8) is 0 Å². The Hall–Kier alpha value is -0.950. The molecule has 0 aromatic carbocycles. The number of nitrogens with zero attached hydrogens (tertiary/aromatic N) is 2. The Morgan fingerprint density at radius 3 is 1.20 bits per heavy atom. The Bertz CT molecular complexity index is 163. The van der Waals surface area contributed by atoms with Gasteiger partial charge in [-0.25, -0.2) is 4.57 Å². The number of phosphoric acid groups is 1. The average Bonchev–Trinajstić information content (AvgIpc) is 1.61. The highest BCUT2D eigenvalue weighted by atomic mass is 31.2. The molecular weight excluding hydrogens is 161 g/mol. The highest BCUT2D eigenvalue weighted by molar-refractivity contribution is 7.45. The van der Waals surface area contributed by atoms with Gasteiger partial charge in [-0.1, -0.05) is 0 Å². The van der Waals surface area contributed by atoms with Crippen LogP contribution >= 0.6 is 7.82 Å². The standard InChI is InChI=1S/C2N2.H3N.H3O4P/c3-1-2-4;;1-5(2,3)4/h;1H3;(H3,1,2,3,4). The van der Waals surface area contributed by atoms with Crippen molar-refractivity contribution in [1.82, 2.24) is 6.15 Å². The molecule has 0 saturated carbocycles. The fourth-order valence-electron chi connectivity index (χ4n) is 0. The van der Waals surface area contributed by atoms with Crippen LogP contribution in [0.2, 0.25) is 0 Å². The molecule has 0 amide bonds. The molecular formula is C2H6N3O4P. The van der Waals surface area contributed by atoms with Crippen molar-refractivity contribution in [3.05, 3.63) is 0 Å². The predicted molar refractivity (Wildman–Crippen MR) is 30.5 cm³/mol. The second-order valence-corrected chi connectivity index (χ2v) is 1.76. The molecule has 0 spiro atoms. The monoisotopic (exact) mass is 167 g/mol. The highest BCUT2D eigenvalue weighted by Crippen LogP contribution is 2.25. The van der Waals surface area contributed by atoms with Gasteiger partial charge in [0, 0.05) is 0 Å². The summed E-state index contributed by atoms with van der Waals surface area (Å²) in [6.07, 6.45) is 0. The molecule has 0 atom stereocenters. The van der Waals surface area contributed by atoms with E-state index in [1.807, 2.05) is 0 Å². The Labute approximate surface area is 57.0 Å². The third-order valence-electron chi connectivity index (χ3n) is 0.0500. The lowest BCUT2D eigenvalue weighted by Crippen LogP contribution is -1.66. The molecule has 0 saturated heterocycles. The second kappa shape index (κ2) is 8.05. The van der Waals surface area contributed by atoms with E-state index in [1.54, 1.807) is 0 Å². The largest absolute Gasteiger partial charge is 0.466 e. The van der Waals surface area contributed by atoms with E-state index in [4.69, 9.17) is 29.8 Å². The minimum atomic E-state index is -4.64. The van der Waals surface area contributed by atoms with Crippen LogP contribution in [-0.2, 0) is 4.57 Å². The zero-order valence-electron chi connectivity index (χ0n) is 4.80. The summed E-state index contributed by atoms with van der Waals surface area (Å²) in [7, 11) is -4.64. The smallest absolute Gasteiger partial charge is 0.344 e. The van der Waals surface area contributed by atoms with Crippen LogP contribution < -0.4 is 6.15 Å². The first-order valence-electron chi connectivity index (χ1n) is 1.48. The molecule has 0 unspecified atom stereocenters. The van der Waals surface area contributed by atoms with Crippen LogP contribution in [0.15, 0.2) is 0 Å². The van der Waals surface area contributed by atoms with Crippen molar-refractivity contribution in [3.8, 4) is 12.1 Å². The van der Waals surface area contributed by atoms with Gasteiger partial charge in [0.1, 0.15) is 0 Å². The van der Waals surface area contributed by atoms with Crippen LogP contribution in [0.25, 0.3) is 0 Å². The molecule has 6 N–H and O–H groups in total. The summed E-state index contributed by atoms with van der Waals surface area (Å²) in [5.74, 6) is 0. The molecule has 0 aliphatic rings. The summed E-state index contributed by atoms with van der Waals surface area (Å²) in [6.45, 7) is 0. The minimum Gasteiger partial charge on any atom is -0.344 e. The van der Waals surface area contributed by atoms with Crippen molar-refractivity contribution < 1.29 is 19.2 Å². The zero-order chi connectivity index (χ0) is 7.91. The lowest BCUT2D eigenvalue weighted by molar-refractivity contribution is 0.275. The van der Waals surface area contributed by atoms with E-state index in [0.29, 0.717) is 0 Å². The predicted octanol–water partition coefficient (Wildman–Crippen LogP) is -0.733. The quantitative estimate of drug-likeness (QED) is 0.345. The molecule has 7 nitrogen and oxygen atoms in total. The number of hydrogen-bond donors (Lipinski definition) is 4. The number of nitriles is 2. The second-order valence-electron chi connectivity index (χ2n) is 0.737. The highest BCUT2D eigenvalue weighted by Gasteiger charge is 2.00. The molecule has 0 aliphatic heterocycles. The van der Waals surface area contributed by atoms with Crippen molar-refractivity contribution >= 4 is 7.82 Å². The zero-order valence-corrected chi connectivity index (χ0v) is 5.69. The summed E-state index contributed by atoms with van der Waals surface area (Å²) in [4.78, 5) is 21.6. The summed E-state index contributed by atoms with van der Waals surface area (Å²) in [5.41, 5.74) is 0. The first kappa shape index (κ1) is 16.0. The van der Waals surface area contributed by atoms with Crippen LogP contribution in [0.1, 0.15) is 0 Å². The summed E-state index contributed by atoms with van der Waals surface area (Å²) in [6, 6.07) is 2.47. The van der Waals surface area contributed by atoms with Gasteiger partial charge in [0.05, 0.1) is 0 Å². The van der Waals surface area contributed by atoms with Gasteiger partial charge >= 0.3 is 7.82 Å². The van der Waals surface area contributed by atoms with E-state index in [1.165, 1.54) is 12.1 Å². The summed E-state index contributed by atoms with van der Waals surface area (Å²) in [5, 5.41) is 14.5. The molecule has 0 bridgehead atoms. The van der Waals surface area contributed by atoms with Gasteiger partial charge in [-0.05, 0) is 0 Å². The lowest BCUT2D eigenvalue weighted by Gasteiger charge is -1.82. The molecule has 0 radical (unpaired) electrons. The van der Waals surface area contributed by atoms with Crippen molar-refractivity contribution in [2.75, 3.05) is 0 Å². The number of rotatable bonds is 0. The van der Waals surface area contributed by atoms with E-state index in [2.05, 4.69) is 0 Å².